The van der Waals surface area contributed by atoms with E-state index in [-0.39, 0.29) is 40.5 Å². The van der Waals surface area contributed by atoms with Crippen molar-refractivity contribution in [3.05, 3.63) is 29.3 Å². The van der Waals surface area contributed by atoms with Crippen molar-refractivity contribution in [2.24, 2.45) is 5.92 Å². The molecule has 1 aromatic heterocycles. The lowest BCUT2D eigenvalue weighted by molar-refractivity contribution is -0.139. The third-order valence-corrected chi connectivity index (χ3v) is 7.44. The highest BCUT2D eigenvalue weighted by atomic mass is 32.2. The Kier molecular flexibility index (Phi) is 5.73. The highest BCUT2D eigenvalue weighted by Gasteiger charge is 2.35. The molecule has 3 heterocycles. The topological polar surface area (TPSA) is 92.8 Å². The van der Waals surface area contributed by atoms with Gasteiger partial charge in [-0.3, -0.25) is 9.59 Å². The first-order valence-corrected chi connectivity index (χ1v) is 11.3. The molecule has 0 aromatic carbocycles. The Hall–Kier alpha value is -1.71. The van der Waals surface area contributed by atoms with Gasteiger partial charge in [0.25, 0.3) is 5.91 Å². The molecule has 0 bridgehead atoms. The number of likely N-dealkylation sites (tertiary alicyclic amines) is 1. The summed E-state index contributed by atoms with van der Waals surface area (Å²) in [7, 11) is -3.51. The van der Waals surface area contributed by atoms with Gasteiger partial charge in [-0.1, -0.05) is 6.07 Å². The molecule has 0 radical (unpaired) electrons. The number of sulfonamides is 1. The summed E-state index contributed by atoms with van der Waals surface area (Å²) in [5, 5.41) is 1.72. The lowest BCUT2D eigenvalue weighted by atomic mass is 9.96. The van der Waals surface area contributed by atoms with E-state index in [9.17, 15) is 18.0 Å². The van der Waals surface area contributed by atoms with Crippen molar-refractivity contribution in [3.63, 3.8) is 0 Å². The van der Waals surface area contributed by atoms with E-state index in [0.29, 0.717) is 13.1 Å². The average molecular weight is 413 g/mol. The zero-order valence-corrected chi connectivity index (χ0v) is 17.1. The van der Waals surface area contributed by atoms with Crippen LogP contribution in [0.15, 0.2) is 33.6 Å². The molecule has 2 aliphatic rings. The van der Waals surface area contributed by atoms with Crippen molar-refractivity contribution in [1.82, 2.24) is 9.62 Å². The Labute approximate surface area is 163 Å². The largest absolute Gasteiger partial charge is 0.481 e. The molecular formula is C18H24N2O5S2. The Morgan fingerprint density at radius 3 is 2.89 bits per heavy atom. The zero-order chi connectivity index (χ0) is 19.7. The van der Waals surface area contributed by atoms with E-state index < -0.39 is 15.6 Å². The van der Waals surface area contributed by atoms with Crippen LogP contribution in [0.4, 0.5) is 0 Å². The van der Waals surface area contributed by atoms with E-state index >= 15 is 0 Å². The van der Waals surface area contributed by atoms with Gasteiger partial charge in [-0.05, 0) is 44.1 Å². The Bertz CT molecular complexity index is 843. The first kappa shape index (κ1) is 20.0. The number of nitrogens with zero attached hydrogens (tertiary/aromatic N) is 1. The fraction of sp³-hybridized carbons (Fsp3) is 0.556. The second kappa shape index (κ2) is 7.73. The summed E-state index contributed by atoms with van der Waals surface area (Å²) in [6.07, 6.45) is 3.14. The minimum atomic E-state index is -3.51. The molecule has 148 valence electrons. The SMILES string of the molecule is CC1(C)CC(=O)C=C(C(=O)N2CCC[C@@H](CNS(=O)(=O)c3cccs3)C2)O1. The number of ketones is 1. The summed E-state index contributed by atoms with van der Waals surface area (Å²) >= 11 is 1.17. The van der Waals surface area contributed by atoms with Crippen molar-refractivity contribution >= 4 is 33.1 Å². The summed E-state index contributed by atoms with van der Waals surface area (Å²) in [5.41, 5.74) is -0.692. The Morgan fingerprint density at radius 1 is 1.44 bits per heavy atom. The third kappa shape index (κ3) is 4.97. The van der Waals surface area contributed by atoms with Crippen molar-refractivity contribution < 1.29 is 22.7 Å². The lowest BCUT2D eigenvalue weighted by Gasteiger charge is -2.36. The predicted molar refractivity (Wildman–Crippen MR) is 102 cm³/mol. The number of amides is 1. The van der Waals surface area contributed by atoms with Crippen LogP contribution in [0.1, 0.15) is 33.1 Å². The van der Waals surface area contributed by atoms with Gasteiger partial charge >= 0.3 is 0 Å². The molecule has 0 unspecified atom stereocenters. The fourth-order valence-corrected chi connectivity index (χ4v) is 5.53. The molecule has 1 aromatic rings. The van der Waals surface area contributed by atoms with Gasteiger partial charge in [-0.25, -0.2) is 13.1 Å². The van der Waals surface area contributed by atoms with Crippen LogP contribution in [0.5, 0.6) is 0 Å². The van der Waals surface area contributed by atoms with E-state index in [1.54, 1.807) is 36.3 Å². The van der Waals surface area contributed by atoms with E-state index in [2.05, 4.69) is 4.72 Å². The molecule has 0 saturated carbocycles. The molecule has 3 rings (SSSR count). The zero-order valence-electron chi connectivity index (χ0n) is 15.4. The van der Waals surface area contributed by atoms with Gasteiger partial charge in [0.2, 0.25) is 10.0 Å². The van der Waals surface area contributed by atoms with Crippen molar-refractivity contribution in [1.29, 1.82) is 0 Å². The number of piperidine rings is 1. The van der Waals surface area contributed by atoms with Gasteiger partial charge in [-0.2, -0.15) is 0 Å². The number of ether oxygens (including phenoxy) is 1. The smallest absolute Gasteiger partial charge is 0.289 e. The molecule has 1 amide bonds. The van der Waals surface area contributed by atoms with E-state index in [0.717, 1.165) is 12.8 Å². The van der Waals surface area contributed by atoms with Gasteiger partial charge in [0, 0.05) is 32.1 Å². The number of nitrogens with one attached hydrogen (secondary N) is 1. The average Bonchev–Trinajstić information content (AvgIpc) is 3.13. The maximum Gasteiger partial charge on any atom is 0.289 e. The molecular weight excluding hydrogens is 388 g/mol. The summed E-state index contributed by atoms with van der Waals surface area (Å²) < 4.78 is 33.1. The van der Waals surface area contributed by atoms with Crippen LogP contribution in [-0.4, -0.2) is 50.2 Å². The molecule has 1 N–H and O–H groups in total. The molecule has 27 heavy (non-hydrogen) atoms. The Morgan fingerprint density at radius 2 is 2.22 bits per heavy atom. The second-order valence-electron chi connectivity index (χ2n) is 7.56. The number of carbonyl (C=O) groups excluding carboxylic acids is 2. The Balaban J connectivity index is 1.61. The molecule has 9 heteroatoms. The summed E-state index contributed by atoms with van der Waals surface area (Å²) in [6.45, 7) is 4.84. The number of allylic oxidation sites excluding steroid dienone is 1. The second-order valence-corrected chi connectivity index (χ2v) is 10.5. The quantitative estimate of drug-likeness (QED) is 0.798. The van der Waals surface area contributed by atoms with Crippen molar-refractivity contribution in [2.45, 2.75) is 42.9 Å². The third-order valence-electron chi connectivity index (χ3n) is 4.62. The van der Waals surface area contributed by atoms with Gasteiger partial charge in [0.15, 0.2) is 11.5 Å². The van der Waals surface area contributed by atoms with E-state index in [4.69, 9.17) is 4.74 Å². The maximum absolute atomic E-state index is 12.8. The highest BCUT2D eigenvalue weighted by molar-refractivity contribution is 7.91. The number of thiophene rings is 1. The van der Waals surface area contributed by atoms with Crippen LogP contribution < -0.4 is 4.72 Å². The minimum absolute atomic E-state index is 0.0188. The number of rotatable bonds is 5. The molecule has 0 spiro atoms. The van der Waals surface area contributed by atoms with Crippen LogP contribution in [0.25, 0.3) is 0 Å². The highest BCUT2D eigenvalue weighted by Crippen LogP contribution is 2.27. The fourth-order valence-electron chi connectivity index (χ4n) is 3.37. The summed E-state index contributed by atoms with van der Waals surface area (Å²) in [6, 6.07) is 3.26. The molecule has 7 nitrogen and oxygen atoms in total. The standard InChI is InChI=1S/C18H24N2O5S2/c1-18(2)10-14(21)9-15(25-18)17(22)20-7-3-5-13(12-20)11-19-27(23,24)16-6-4-8-26-16/h4,6,8-9,13,19H,3,5,7,10-12H2,1-2H3/t13-/m0/s1. The summed E-state index contributed by atoms with van der Waals surface area (Å²) in [5.74, 6) is -0.324. The van der Waals surface area contributed by atoms with Gasteiger partial charge < -0.3 is 9.64 Å². The molecule has 0 aliphatic carbocycles. The summed E-state index contributed by atoms with van der Waals surface area (Å²) in [4.78, 5) is 26.3. The van der Waals surface area contributed by atoms with Crippen molar-refractivity contribution in [3.8, 4) is 0 Å². The van der Waals surface area contributed by atoms with Gasteiger partial charge in [0.05, 0.1) is 0 Å². The van der Waals surface area contributed by atoms with Crippen LogP contribution in [0.2, 0.25) is 0 Å². The van der Waals surface area contributed by atoms with E-state index in [1.165, 1.54) is 17.4 Å². The van der Waals surface area contributed by atoms with Crippen LogP contribution in [0.3, 0.4) is 0 Å². The van der Waals surface area contributed by atoms with Crippen LogP contribution in [0, 0.1) is 5.92 Å². The van der Waals surface area contributed by atoms with E-state index in [1.807, 2.05) is 0 Å². The number of hydrogen-bond donors (Lipinski definition) is 1. The lowest BCUT2D eigenvalue weighted by Crippen LogP contribution is -2.46. The molecule has 1 saturated heterocycles. The molecule has 2 aliphatic heterocycles. The first-order chi connectivity index (χ1) is 12.7. The normalized spacial score (nSPS) is 22.9. The molecule has 1 fully saturated rings. The maximum atomic E-state index is 12.8. The number of hydrogen-bond acceptors (Lipinski definition) is 6. The minimum Gasteiger partial charge on any atom is -0.481 e. The monoisotopic (exact) mass is 412 g/mol. The van der Waals surface area contributed by atoms with Gasteiger partial charge in [-0.15, -0.1) is 11.3 Å². The first-order valence-electron chi connectivity index (χ1n) is 8.92. The van der Waals surface area contributed by atoms with Crippen molar-refractivity contribution in [2.75, 3.05) is 19.6 Å². The van der Waals surface area contributed by atoms with Gasteiger partial charge in [0.1, 0.15) is 9.81 Å². The van der Waals surface area contributed by atoms with Crippen LogP contribution >= 0.6 is 11.3 Å². The molecule has 1 atom stereocenters. The predicted octanol–water partition coefficient (Wildman–Crippen LogP) is 1.92. The number of carbonyl (C=O) groups is 2. The van der Waals surface area contributed by atoms with Crippen LogP contribution in [-0.2, 0) is 24.3 Å².